The highest BCUT2D eigenvalue weighted by Crippen LogP contribution is 2.28. The second kappa shape index (κ2) is 8.72. The van der Waals surface area contributed by atoms with E-state index in [9.17, 15) is 4.79 Å². The van der Waals surface area contributed by atoms with E-state index in [1.807, 2.05) is 18.4 Å². The van der Waals surface area contributed by atoms with E-state index in [-0.39, 0.29) is 30.1 Å². The Morgan fingerprint density at radius 3 is 2.79 bits per heavy atom. The predicted octanol–water partition coefficient (Wildman–Crippen LogP) is 4.95. The average molecular weight is 438 g/mol. The summed E-state index contributed by atoms with van der Waals surface area (Å²) in [4.78, 5) is 16.7. The summed E-state index contributed by atoms with van der Waals surface area (Å²) in [6, 6.07) is 9.90. The Hall–Kier alpha value is -2.42. The van der Waals surface area contributed by atoms with Crippen molar-refractivity contribution in [3.05, 3.63) is 62.7 Å². The maximum absolute atomic E-state index is 12.5. The standard InChI is InChI=1S/C18H17Cl2N5O2S/c1-10(2)25-15(23-24-18(25)28)9-21-17(26)14-4-3-5-16(22-14)27-11-6-7-12(19)13(20)8-11/h3-8,10H,9H2,1-2H3,(H,21,26)(H,24,28). The molecule has 0 saturated carbocycles. The van der Waals surface area contributed by atoms with Crippen LogP contribution in [-0.2, 0) is 6.54 Å². The molecule has 0 radical (unpaired) electrons. The molecule has 1 aromatic carbocycles. The van der Waals surface area contributed by atoms with Crippen molar-refractivity contribution in [1.29, 1.82) is 0 Å². The number of nitrogens with zero attached hydrogens (tertiary/aromatic N) is 3. The Balaban J connectivity index is 1.70. The average Bonchev–Trinajstić information content (AvgIpc) is 3.04. The molecule has 146 valence electrons. The van der Waals surface area contributed by atoms with E-state index in [4.69, 9.17) is 40.2 Å². The van der Waals surface area contributed by atoms with Crippen molar-refractivity contribution < 1.29 is 9.53 Å². The SMILES string of the molecule is CC(C)n1c(CNC(=O)c2cccc(Oc3ccc(Cl)c(Cl)c3)n2)n[nH]c1=S. The predicted molar refractivity (Wildman–Crippen MR) is 110 cm³/mol. The first-order valence-electron chi connectivity index (χ1n) is 8.39. The number of hydrogen-bond donors (Lipinski definition) is 2. The molecule has 1 amide bonds. The topological polar surface area (TPSA) is 84.8 Å². The van der Waals surface area contributed by atoms with Crippen LogP contribution in [0.3, 0.4) is 0 Å². The number of ether oxygens (including phenoxy) is 1. The minimum Gasteiger partial charge on any atom is -0.439 e. The summed E-state index contributed by atoms with van der Waals surface area (Å²) in [7, 11) is 0. The number of hydrogen-bond acceptors (Lipinski definition) is 5. The Morgan fingerprint density at radius 1 is 1.29 bits per heavy atom. The van der Waals surface area contributed by atoms with Crippen LogP contribution in [0.2, 0.25) is 10.0 Å². The van der Waals surface area contributed by atoms with Crippen molar-refractivity contribution in [2.45, 2.75) is 26.4 Å². The molecule has 0 atom stereocenters. The van der Waals surface area contributed by atoms with Gasteiger partial charge in [-0.1, -0.05) is 29.3 Å². The molecule has 0 aliphatic rings. The zero-order valence-electron chi connectivity index (χ0n) is 15.1. The van der Waals surface area contributed by atoms with Gasteiger partial charge in [-0.3, -0.25) is 9.89 Å². The van der Waals surface area contributed by atoms with Crippen molar-refractivity contribution in [3.63, 3.8) is 0 Å². The Morgan fingerprint density at radius 2 is 2.07 bits per heavy atom. The van der Waals surface area contributed by atoms with E-state index < -0.39 is 0 Å². The van der Waals surface area contributed by atoms with Gasteiger partial charge in [-0.2, -0.15) is 5.10 Å². The number of halogens is 2. The molecule has 0 aliphatic carbocycles. The Labute approximate surface area is 176 Å². The fraction of sp³-hybridized carbons (Fsp3) is 0.222. The first-order chi connectivity index (χ1) is 13.3. The van der Waals surface area contributed by atoms with Crippen LogP contribution in [0, 0.1) is 4.77 Å². The summed E-state index contributed by atoms with van der Waals surface area (Å²) in [5.41, 5.74) is 0.211. The molecule has 2 N–H and O–H groups in total. The van der Waals surface area contributed by atoms with E-state index in [0.717, 1.165) is 0 Å². The second-order valence-corrected chi connectivity index (χ2v) is 7.33. The number of carbonyl (C=O) groups excluding carboxylic acids is 1. The van der Waals surface area contributed by atoms with Crippen LogP contribution >= 0.6 is 35.4 Å². The number of aromatic amines is 1. The van der Waals surface area contributed by atoms with Gasteiger partial charge in [0.15, 0.2) is 10.6 Å². The van der Waals surface area contributed by atoms with E-state index >= 15 is 0 Å². The summed E-state index contributed by atoms with van der Waals surface area (Å²) in [5, 5.41) is 10.5. The molecule has 0 unspecified atom stereocenters. The molecule has 0 bridgehead atoms. The lowest BCUT2D eigenvalue weighted by Gasteiger charge is -2.11. The van der Waals surface area contributed by atoms with Gasteiger partial charge in [0.2, 0.25) is 5.88 Å². The van der Waals surface area contributed by atoms with Crippen LogP contribution in [0.5, 0.6) is 11.6 Å². The van der Waals surface area contributed by atoms with Gasteiger partial charge in [0, 0.05) is 18.2 Å². The third-order valence-corrected chi connectivity index (χ3v) is 4.80. The molecule has 0 saturated heterocycles. The monoisotopic (exact) mass is 437 g/mol. The van der Waals surface area contributed by atoms with E-state index in [1.165, 1.54) is 0 Å². The molecule has 0 spiro atoms. The Kier molecular flexibility index (Phi) is 6.33. The van der Waals surface area contributed by atoms with Gasteiger partial charge in [-0.15, -0.1) is 0 Å². The minimum absolute atomic E-state index is 0.124. The van der Waals surface area contributed by atoms with E-state index in [0.29, 0.717) is 26.4 Å². The molecule has 7 nitrogen and oxygen atoms in total. The van der Waals surface area contributed by atoms with Crippen molar-refractivity contribution in [1.82, 2.24) is 25.1 Å². The van der Waals surface area contributed by atoms with Crippen LogP contribution < -0.4 is 10.1 Å². The second-order valence-electron chi connectivity index (χ2n) is 6.13. The van der Waals surface area contributed by atoms with Crippen LogP contribution in [0.15, 0.2) is 36.4 Å². The molecule has 2 heterocycles. The molecule has 0 aliphatic heterocycles. The van der Waals surface area contributed by atoms with E-state index in [2.05, 4.69) is 20.5 Å². The molecular formula is C18H17Cl2N5O2S. The smallest absolute Gasteiger partial charge is 0.270 e. The van der Waals surface area contributed by atoms with Crippen molar-refractivity contribution >= 4 is 41.3 Å². The number of pyridine rings is 1. The number of aromatic nitrogens is 4. The number of rotatable bonds is 6. The largest absolute Gasteiger partial charge is 0.439 e. The summed E-state index contributed by atoms with van der Waals surface area (Å²) < 4.78 is 8.00. The van der Waals surface area contributed by atoms with Gasteiger partial charge >= 0.3 is 0 Å². The molecule has 2 aromatic heterocycles. The number of benzene rings is 1. The lowest BCUT2D eigenvalue weighted by molar-refractivity contribution is 0.0943. The lowest BCUT2D eigenvalue weighted by Crippen LogP contribution is -2.26. The lowest BCUT2D eigenvalue weighted by atomic mass is 10.3. The van der Waals surface area contributed by atoms with Crippen molar-refractivity contribution in [3.8, 4) is 11.6 Å². The molecule has 10 heteroatoms. The number of carbonyl (C=O) groups is 1. The van der Waals surface area contributed by atoms with Gasteiger partial charge in [0.25, 0.3) is 5.91 Å². The normalized spacial score (nSPS) is 10.9. The van der Waals surface area contributed by atoms with Gasteiger partial charge < -0.3 is 14.6 Å². The third-order valence-electron chi connectivity index (χ3n) is 3.77. The van der Waals surface area contributed by atoms with Gasteiger partial charge in [0.05, 0.1) is 16.6 Å². The third kappa shape index (κ3) is 4.70. The first-order valence-corrected chi connectivity index (χ1v) is 9.55. The molecule has 28 heavy (non-hydrogen) atoms. The molecule has 3 aromatic rings. The molecule has 0 fully saturated rings. The van der Waals surface area contributed by atoms with Crippen LogP contribution in [0.1, 0.15) is 36.2 Å². The fourth-order valence-corrected chi connectivity index (χ4v) is 3.15. The van der Waals surface area contributed by atoms with E-state index in [1.54, 1.807) is 36.4 Å². The summed E-state index contributed by atoms with van der Waals surface area (Å²) in [6.45, 7) is 4.19. The van der Waals surface area contributed by atoms with Crippen LogP contribution in [0.25, 0.3) is 0 Å². The van der Waals surface area contributed by atoms with Crippen molar-refractivity contribution in [2.24, 2.45) is 0 Å². The van der Waals surface area contributed by atoms with Gasteiger partial charge in [-0.05, 0) is 44.3 Å². The zero-order valence-corrected chi connectivity index (χ0v) is 17.4. The van der Waals surface area contributed by atoms with Crippen molar-refractivity contribution in [2.75, 3.05) is 0 Å². The number of amides is 1. The van der Waals surface area contributed by atoms with Gasteiger partial charge in [0.1, 0.15) is 11.4 Å². The molecule has 3 rings (SSSR count). The highest BCUT2D eigenvalue weighted by molar-refractivity contribution is 7.71. The Bertz CT molecular complexity index is 1060. The van der Waals surface area contributed by atoms with Gasteiger partial charge in [-0.25, -0.2) is 4.98 Å². The summed E-state index contributed by atoms with van der Waals surface area (Å²) >= 11 is 17.1. The quantitative estimate of drug-likeness (QED) is 0.533. The summed E-state index contributed by atoms with van der Waals surface area (Å²) in [6.07, 6.45) is 0. The number of H-pyrrole nitrogens is 1. The first kappa shape index (κ1) is 20.3. The maximum atomic E-state index is 12.5. The number of nitrogens with one attached hydrogen (secondary N) is 2. The highest BCUT2D eigenvalue weighted by atomic mass is 35.5. The maximum Gasteiger partial charge on any atom is 0.270 e. The highest BCUT2D eigenvalue weighted by Gasteiger charge is 2.13. The van der Waals surface area contributed by atoms with Crippen LogP contribution in [-0.4, -0.2) is 25.7 Å². The molecular weight excluding hydrogens is 421 g/mol. The van der Waals surface area contributed by atoms with Crippen LogP contribution in [0.4, 0.5) is 0 Å². The summed E-state index contributed by atoms with van der Waals surface area (Å²) in [5.74, 6) is 1.00. The minimum atomic E-state index is -0.358. The fourth-order valence-electron chi connectivity index (χ4n) is 2.50. The zero-order chi connectivity index (χ0) is 20.3.